The maximum absolute atomic E-state index is 14.9. The van der Waals surface area contributed by atoms with Crippen LogP contribution in [0.5, 0.6) is 0 Å². The Morgan fingerprint density at radius 2 is 1.87 bits per heavy atom. The number of benzene rings is 1. The second-order valence-corrected chi connectivity index (χ2v) is 8.53. The number of hydrogen-bond acceptors (Lipinski definition) is 5. The molecule has 0 saturated heterocycles. The van der Waals surface area contributed by atoms with E-state index in [-0.39, 0.29) is 12.1 Å². The Morgan fingerprint density at radius 3 is 2.52 bits per heavy atom. The molecule has 1 aromatic carbocycles. The third kappa shape index (κ3) is 3.88. The molecule has 0 saturated carbocycles. The molecule has 3 heterocycles. The van der Waals surface area contributed by atoms with Gasteiger partial charge in [-0.05, 0) is 48.9 Å². The quantitative estimate of drug-likeness (QED) is 0.525. The number of nitriles is 1. The third-order valence-electron chi connectivity index (χ3n) is 4.76. The van der Waals surface area contributed by atoms with Crippen LogP contribution in [0.2, 0.25) is 0 Å². The van der Waals surface area contributed by atoms with E-state index in [4.69, 9.17) is 10.4 Å². The topological polar surface area (TPSA) is 114 Å². The Kier molecular flexibility index (Phi) is 5.00. The van der Waals surface area contributed by atoms with Gasteiger partial charge < -0.3 is 4.40 Å². The Bertz CT molecular complexity index is 1470. The lowest BCUT2D eigenvalue weighted by Crippen LogP contribution is -2.13. The summed E-state index contributed by atoms with van der Waals surface area (Å²) in [6.45, 7) is 1.86. The van der Waals surface area contributed by atoms with Gasteiger partial charge in [0.25, 0.3) is 0 Å². The molecule has 0 amide bonds. The minimum atomic E-state index is -4.29. The van der Waals surface area contributed by atoms with Crippen molar-refractivity contribution in [1.29, 1.82) is 5.26 Å². The predicted molar refractivity (Wildman–Crippen MR) is 108 cm³/mol. The van der Waals surface area contributed by atoms with Gasteiger partial charge in [0.15, 0.2) is 0 Å². The maximum atomic E-state index is 14.9. The number of hydrogen-bond donors (Lipinski definition) is 1. The lowest BCUT2D eigenvalue weighted by Gasteiger charge is -2.09. The molecule has 0 fully saturated rings. The number of sulfonamides is 1. The fourth-order valence-electron chi connectivity index (χ4n) is 3.32. The van der Waals surface area contributed by atoms with Gasteiger partial charge >= 0.3 is 0 Å². The maximum Gasteiger partial charge on any atom is 0.238 e. The average molecular weight is 439 g/mol. The molecule has 0 unspecified atom stereocenters. The Hall–Kier alpha value is -3.68. The molecular formula is C21H15F2N5O2S. The zero-order valence-corrected chi connectivity index (χ0v) is 17.0. The van der Waals surface area contributed by atoms with Crippen LogP contribution in [0.15, 0.2) is 53.7 Å². The minimum Gasteiger partial charge on any atom is -0.303 e. The number of primary sulfonamides is 1. The summed E-state index contributed by atoms with van der Waals surface area (Å²) < 4.78 is 54.5. The summed E-state index contributed by atoms with van der Waals surface area (Å²) in [7, 11) is -4.29. The van der Waals surface area contributed by atoms with Crippen LogP contribution in [0.1, 0.15) is 22.5 Å². The second-order valence-electron chi connectivity index (χ2n) is 6.97. The largest absolute Gasteiger partial charge is 0.303 e. The van der Waals surface area contributed by atoms with E-state index >= 15 is 0 Å². The summed E-state index contributed by atoms with van der Waals surface area (Å²) >= 11 is 0. The van der Waals surface area contributed by atoms with Crippen LogP contribution in [0, 0.1) is 29.9 Å². The SMILES string of the molecule is Cc1ccn2c(Cc3cc(C#N)ccn3)c(-c3c(F)cc(S(N)(=O)=O)cc3F)nc2c1. The highest BCUT2D eigenvalue weighted by atomic mass is 32.2. The Morgan fingerprint density at radius 1 is 1.16 bits per heavy atom. The molecule has 2 N–H and O–H groups in total. The molecule has 0 aliphatic heterocycles. The molecule has 0 spiro atoms. The summed E-state index contributed by atoms with van der Waals surface area (Å²) in [5.74, 6) is -2.21. The zero-order chi connectivity index (χ0) is 22.3. The molecule has 0 aliphatic carbocycles. The van der Waals surface area contributed by atoms with Crippen molar-refractivity contribution in [1.82, 2.24) is 14.4 Å². The predicted octanol–water partition coefficient (Wildman–Crippen LogP) is 3.09. The highest BCUT2D eigenvalue weighted by molar-refractivity contribution is 7.89. The van der Waals surface area contributed by atoms with Crippen LogP contribution in [-0.2, 0) is 16.4 Å². The smallest absolute Gasteiger partial charge is 0.238 e. The fraction of sp³-hybridized carbons (Fsp3) is 0.0952. The van der Waals surface area contributed by atoms with Gasteiger partial charge in [-0.3, -0.25) is 4.98 Å². The van der Waals surface area contributed by atoms with Gasteiger partial charge in [0.1, 0.15) is 17.3 Å². The standard InChI is InChI=1S/C21H15F2N5O2S/c1-12-3-5-28-18(8-14-7-13(11-24)2-4-26-14)21(27-19(28)6-12)20-16(22)9-15(10-17(20)23)31(25,29)30/h2-7,9-10H,8H2,1H3,(H2,25,29,30). The molecular weight excluding hydrogens is 424 g/mol. The van der Waals surface area contributed by atoms with E-state index in [0.717, 1.165) is 5.56 Å². The number of fused-ring (bicyclic) bond motifs is 1. The molecule has 0 bridgehead atoms. The first-order valence-corrected chi connectivity index (χ1v) is 10.6. The number of nitrogens with two attached hydrogens (primary N) is 1. The van der Waals surface area contributed by atoms with E-state index in [9.17, 15) is 17.2 Å². The molecule has 4 rings (SSSR count). The molecule has 156 valence electrons. The molecule has 10 heteroatoms. The van der Waals surface area contributed by atoms with Gasteiger partial charge in [-0.2, -0.15) is 5.26 Å². The van der Waals surface area contributed by atoms with Crippen molar-refractivity contribution in [2.45, 2.75) is 18.2 Å². The van der Waals surface area contributed by atoms with Gasteiger partial charge in [0.05, 0.1) is 33.5 Å². The van der Waals surface area contributed by atoms with Crippen molar-refractivity contribution in [3.05, 3.63) is 82.9 Å². The Labute approximate surface area is 176 Å². The van der Waals surface area contributed by atoms with Crippen molar-refractivity contribution in [3.8, 4) is 17.3 Å². The van der Waals surface area contributed by atoms with Crippen LogP contribution in [0.25, 0.3) is 16.9 Å². The van der Waals surface area contributed by atoms with E-state index in [2.05, 4.69) is 9.97 Å². The minimum absolute atomic E-state index is 0.00531. The lowest BCUT2D eigenvalue weighted by atomic mass is 10.1. The number of rotatable bonds is 4. The summed E-state index contributed by atoms with van der Waals surface area (Å²) in [5.41, 5.74) is 2.21. The van der Waals surface area contributed by atoms with Crippen molar-refractivity contribution in [2.75, 3.05) is 0 Å². The summed E-state index contributed by atoms with van der Waals surface area (Å²) in [5, 5.41) is 14.1. The van der Waals surface area contributed by atoms with Crippen LogP contribution < -0.4 is 5.14 Å². The summed E-state index contributed by atoms with van der Waals surface area (Å²) in [6.07, 6.45) is 3.33. The third-order valence-corrected chi connectivity index (χ3v) is 5.65. The molecule has 0 atom stereocenters. The molecule has 7 nitrogen and oxygen atoms in total. The van der Waals surface area contributed by atoms with E-state index in [1.54, 1.807) is 28.8 Å². The van der Waals surface area contributed by atoms with Gasteiger partial charge in [0.2, 0.25) is 10.0 Å². The van der Waals surface area contributed by atoms with Crippen LogP contribution in [0.4, 0.5) is 8.78 Å². The molecule has 0 radical (unpaired) electrons. The number of aryl methyl sites for hydroxylation is 1. The zero-order valence-electron chi connectivity index (χ0n) is 16.2. The summed E-state index contributed by atoms with van der Waals surface area (Å²) in [6, 6.07) is 10.1. The van der Waals surface area contributed by atoms with E-state index in [0.29, 0.717) is 34.7 Å². The number of pyridine rings is 2. The van der Waals surface area contributed by atoms with Crippen LogP contribution in [-0.4, -0.2) is 22.8 Å². The van der Waals surface area contributed by atoms with Gasteiger partial charge in [0, 0.05) is 24.5 Å². The van der Waals surface area contributed by atoms with Crippen molar-refractivity contribution in [2.24, 2.45) is 5.14 Å². The normalized spacial score (nSPS) is 11.6. The molecule has 0 aliphatic rings. The second kappa shape index (κ2) is 7.54. The van der Waals surface area contributed by atoms with Crippen LogP contribution >= 0.6 is 0 Å². The monoisotopic (exact) mass is 439 g/mol. The highest BCUT2D eigenvalue weighted by Gasteiger charge is 2.24. The number of aromatic nitrogens is 3. The van der Waals surface area contributed by atoms with E-state index in [1.807, 2.05) is 19.1 Å². The molecule has 3 aromatic heterocycles. The first kappa shape index (κ1) is 20.6. The van der Waals surface area contributed by atoms with Gasteiger partial charge in [-0.1, -0.05) is 0 Å². The van der Waals surface area contributed by atoms with Crippen molar-refractivity contribution < 1.29 is 17.2 Å². The summed E-state index contributed by atoms with van der Waals surface area (Å²) in [4.78, 5) is 7.97. The van der Waals surface area contributed by atoms with Crippen LogP contribution in [0.3, 0.4) is 0 Å². The number of halogens is 2. The lowest BCUT2D eigenvalue weighted by molar-refractivity contribution is 0.571. The number of imidazole rings is 1. The first-order valence-electron chi connectivity index (χ1n) is 9.02. The number of nitrogens with zero attached hydrogens (tertiary/aromatic N) is 4. The highest BCUT2D eigenvalue weighted by Crippen LogP contribution is 2.32. The van der Waals surface area contributed by atoms with E-state index < -0.39 is 32.1 Å². The van der Waals surface area contributed by atoms with E-state index in [1.165, 1.54) is 6.20 Å². The molecule has 31 heavy (non-hydrogen) atoms. The average Bonchev–Trinajstić information content (AvgIpc) is 3.03. The van der Waals surface area contributed by atoms with Crippen molar-refractivity contribution >= 4 is 15.7 Å². The fourth-order valence-corrected chi connectivity index (χ4v) is 3.86. The van der Waals surface area contributed by atoms with Gasteiger partial charge in [-0.15, -0.1) is 0 Å². The van der Waals surface area contributed by atoms with Crippen molar-refractivity contribution in [3.63, 3.8) is 0 Å². The Balaban J connectivity index is 1.96. The van der Waals surface area contributed by atoms with Gasteiger partial charge in [-0.25, -0.2) is 27.3 Å². The molecule has 4 aromatic rings. The first-order chi connectivity index (χ1) is 14.7.